The molecule has 180 valence electrons. The number of hydrogen-bond acceptors (Lipinski definition) is 7. The number of rotatable bonds is 8. The fourth-order valence-electron chi connectivity index (χ4n) is 3.17. The number of ketones is 1. The van der Waals surface area contributed by atoms with Crippen molar-refractivity contribution >= 4 is 46.3 Å². The summed E-state index contributed by atoms with van der Waals surface area (Å²) in [5.74, 6) is -2.06. The maximum absolute atomic E-state index is 13.0. The number of amides is 1. The van der Waals surface area contributed by atoms with Crippen LogP contribution in [0.3, 0.4) is 0 Å². The molecule has 0 radical (unpaired) electrons. The van der Waals surface area contributed by atoms with Gasteiger partial charge in [-0.3, -0.25) is 19.7 Å². The smallest absolute Gasteiger partial charge is 0.339 e. The van der Waals surface area contributed by atoms with Crippen molar-refractivity contribution in [1.82, 2.24) is 0 Å². The van der Waals surface area contributed by atoms with E-state index >= 15 is 0 Å². The van der Waals surface area contributed by atoms with Crippen LogP contribution in [0.1, 0.15) is 33.2 Å². The maximum atomic E-state index is 13.0. The van der Waals surface area contributed by atoms with E-state index in [2.05, 4.69) is 5.32 Å². The van der Waals surface area contributed by atoms with Gasteiger partial charge in [-0.2, -0.15) is 0 Å². The summed E-state index contributed by atoms with van der Waals surface area (Å²) in [6.07, 6.45) is -1.16. The Hall–Kier alpha value is -4.24. The van der Waals surface area contributed by atoms with Crippen LogP contribution >= 0.6 is 11.6 Å². The van der Waals surface area contributed by atoms with Crippen molar-refractivity contribution in [1.29, 1.82) is 0 Å². The van der Waals surface area contributed by atoms with Gasteiger partial charge in [0.2, 0.25) is 0 Å². The summed E-state index contributed by atoms with van der Waals surface area (Å²) < 4.78 is 5.30. The predicted molar refractivity (Wildman–Crippen MR) is 132 cm³/mol. The zero-order chi connectivity index (χ0) is 25.7. The monoisotopic (exact) mass is 495 g/mol. The highest BCUT2D eigenvalue weighted by molar-refractivity contribution is 6.33. The number of nitro groups is 1. The van der Waals surface area contributed by atoms with Gasteiger partial charge in [-0.1, -0.05) is 29.8 Å². The molecule has 0 aromatic heterocycles. The molecule has 3 rings (SSSR count). The van der Waals surface area contributed by atoms with Gasteiger partial charge < -0.3 is 15.0 Å². The van der Waals surface area contributed by atoms with Crippen molar-refractivity contribution in [3.05, 3.63) is 98.6 Å². The zero-order valence-corrected chi connectivity index (χ0v) is 19.9. The zero-order valence-electron chi connectivity index (χ0n) is 19.2. The summed E-state index contributed by atoms with van der Waals surface area (Å²) in [7, 11) is 3.79. The molecule has 1 amide bonds. The molecule has 1 atom stereocenters. The van der Waals surface area contributed by atoms with E-state index in [4.69, 9.17) is 16.3 Å². The third-order valence-electron chi connectivity index (χ3n) is 5.10. The second-order valence-corrected chi connectivity index (χ2v) is 8.18. The van der Waals surface area contributed by atoms with Crippen LogP contribution in [0.4, 0.5) is 17.1 Å². The molecule has 0 heterocycles. The van der Waals surface area contributed by atoms with Crippen LogP contribution in [0.15, 0.2) is 66.7 Å². The Labute approximate surface area is 206 Å². The van der Waals surface area contributed by atoms with E-state index in [0.717, 1.165) is 11.8 Å². The molecule has 3 aromatic rings. The van der Waals surface area contributed by atoms with Gasteiger partial charge in [0.15, 0.2) is 11.9 Å². The second kappa shape index (κ2) is 10.8. The van der Waals surface area contributed by atoms with Crippen molar-refractivity contribution < 1.29 is 24.0 Å². The minimum Gasteiger partial charge on any atom is -0.449 e. The molecular weight excluding hydrogens is 474 g/mol. The van der Waals surface area contributed by atoms with Crippen molar-refractivity contribution in [2.75, 3.05) is 24.3 Å². The standard InChI is InChI=1S/C25H22ClN3O6/c1-15(24(31)27-17-9-11-18(12-10-17)28(2)3)35-25(32)20-7-5-4-6-19(20)23(30)16-8-13-21(26)22(14-16)29(33)34/h4-15H,1-3H3,(H,27,31). The minimum absolute atomic E-state index is 0.0201. The highest BCUT2D eigenvalue weighted by atomic mass is 35.5. The Morgan fingerprint density at radius 3 is 2.23 bits per heavy atom. The van der Waals surface area contributed by atoms with Crippen LogP contribution in [0, 0.1) is 10.1 Å². The molecule has 0 aliphatic carbocycles. The third kappa shape index (κ3) is 6.01. The third-order valence-corrected chi connectivity index (χ3v) is 5.42. The average molecular weight is 496 g/mol. The molecule has 0 fully saturated rings. The van der Waals surface area contributed by atoms with Crippen LogP contribution in [0.2, 0.25) is 5.02 Å². The average Bonchev–Trinajstić information content (AvgIpc) is 2.83. The van der Waals surface area contributed by atoms with Crippen LogP contribution in [-0.4, -0.2) is 42.8 Å². The molecule has 0 aliphatic rings. The van der Waals surface area contributed by atoms with Crippen LogP contribution in [0.5, 0.6) is 0 Å². The van der Waals surface area contributed by atoms with E-state index < -0.39 is 34.4 Å². The quantitative estimate of drug-likeness (QED) is 0.207. The van der Waals surface area contributed by atoms with Gasteiger partial charge in [0.25, 0.3) is 11.6 Å². The van der Waals surface area contributed by atoms with Gasteiger partial charge in [-0.15, -0.1) is 0 Å². The number of benzene rings is 3. The number of esters is 1. The summed E-state index contributed by atoms with van der Waals surface area (Å²) in [4.78, 5) is 50.8. The van der Waals surface area contributed by atoms with Crippen LogP contribution < -0.4 is 10.2 Å². The van der Waals surface area contributed by atoms with Gasteiger partial charge in [0.1, 0.15) is 5.02 Å². The Kier molecular flexibility index (Phi) is 7.83. The number of nitro benzene ring substituents is 1. The summed E-state index contributed by atoms with van der Waals surface area (Å²) in [5.41, 5.74) is 0.930. The fourth-order valence-corrected chi connectivity index (χ4v) is 3.36. The molecule has 35 heavy (non-hydrogen) atoms. The van der Waals surface area contributed by atoms with Crippen LogP contribution in [0.25, 0.3) is 0 Å². The summed E-state index contributed by atoms with van der Waals surface area (Å²) in [5, 5.41) is 13.7. The number of halogens is 1. The number of ether oxygens (including phenoxy) is 1. The van der Waals surface area contributed by atoms with Crippen LogP contribution in [-0.2, 0) is 9.53 Å². The van der Waals surface area contributed by atoms with Gasteiger partial charge in [0.05, 0.1) is 10.5 Å². The highest BCUT2D eigenvalue weighted by Crippen LogP contribution is 2.27. The molecule has 0 spiro atoms. The van der Waals surface area contributed by atoms with Crippen molar-refractivity contribution in [2.24, 2.45) is 0 Å². The molecule has 0 saturated carbocycles. The molecule has 0 aliphatic heterocycles. The lowest BCUT2D eigenvalue weighted by molar-refractivity contribution is -0.384. The lowest BCUT2D eigenvalue weighted by atomic mass is 9.98. The number of anilines is 2. The highest BCUT2D eigenvalue weighted by Gasteiger charge is 2.25. The Balaban J connectivity index is 1.76. The maximum Gasteiger partial charge on any atom is 0.339 e. The Morgan fingerprint density at radius 2 is 1.63 bits per heavy atom. The van der Waals surface area contributed by atoms with E-state index in [1.165, 1.54) is 37.3 Å². The molecule has 1 N–H and O–H groups in total. The fraction of sp³-hybridized carbons (Fsp3) is 0.160. The first-order valence-electron chi connectivity index (χ1n) is 10.5. The molecule has 1 unspecified atom stereocenters. The number of carbonyl (C=O) groups is 3. The lowest BCUT2D eigenvalue weighted by Gasteiger charge is -2.16. The lowest BCUT2D eigenvalue weighted by Crippen LogP contribution is -2.30. The first kappa shape index (κ1) is 25.4. The van der Waals surface area contributed by atoms with Gasteiger partial charge in [-0.25, -0.2) is 4.79 Å². The number of nitrogens with one attached hydrogen (secondary N) is 1. The second-order valence-electron chi connectivity index (χ2n) is 7.78. The van der Waals surface area contributed by atoms with E-state index in [1.807, 2.05) is 31.1 Å². The summed E-state index contributed by atoms with van der Waals surface area (Å²) in [6, 6.07) is 16.6. The molecule has 0 bridgehead atoms. The molecule has 10 heteroatoms. The van der Waals surface area contributed by atoms with Crippen molar-refractivity contribution in [3.63, 3.8) is 0 Å². The van der Waals surface area contributed by atoms with Crippen molar-refractivity contribution in [3.8, 4) is 0 Å². The van der Waals surface area contributed by atoms with Gasteiger partial charge in [0, 0.05) is 42.7 Å². The number of hydrogen-bond donors (Lipinski definition) is 1. The normalized spacial score (nSPS) is 11.3. The van der Waals surface area contributed by atoms with E-state index in [1.54, 1.807) is 18.2 Å². The largest absolute Gasteiger partial charge is 0.449 e. The Bertz CT molecular complexity index is 1290. The van der Waals surface area contributed by atoms with E-state index in [-0.39, 0.29) is 21.7 Å². The summed E-state index contributed by atoms with van der Waals surface area (Å²) >= 11 is 5.82. The SMILES string of the molecule is CC(OC(=O)c1ccccc1C(=O)c1ccc(Cl)c([N+](=O)[O-])c1)C(=O)Nc1ccc(N(C)C)cc1. The first-order valence-corrected chi connectivity index (χ1v) is 10.8. The molecule has 9 nitrogen and oxygen atoms in total. The summed E-state index contributed by atoms with van der Waals surface area (Å²) in [6.45, 7) is 1.41. The molecule has 3 aromatic carbocycles. The topological polar surface area (TPSA) is 119 Å². The van der Waals surface area contributed by atoms with Gasteiger partial charge in [-0.05, 0) is 49.4 Å². The molecular formula is C25H22ClN3O6. The van der Waals surface area contributed by atoms with Crippen molar-refractivity contribution in [2.45, 2.75) is 13.0 Å². The predicted octanol–water partition coefficient (Wildman–Crippen LogP) is 4.73. The molecule has 0 saturated heterocycles. The number of carbonyl (C=O) groups excluding carboxylic acids is 3. The van der Waals surface area contributed by atoms with E-state index in [0.29, 0.717) is 5.69 Å². The minimum atomic E-state index is -1.16. The first-order chi connectivity index (χ1) is 16.6. The number of nitrogens with zero attached hydrogens (tertiary/aromatic N) is 2. The van der Waals surface area contributed by atoms with Gasteiger partial charge >= 0.3 is 5.97 Å². The van der Waals surface area contributed by atoms with E-state index in [9.17, 15) is 24.5 Å². The Morgan fingerprint density at radius 1 is 1.00 bits per heavy atom.